The molecule has 8 heteroatoms. The van der Waals surface area contributed by atoms with Crippen molar-refractivity contribution in [1.82, 2.24) is 29.6 Å². The highest BCUT2D eigenvalue weighted by Gasteiger charge is 2.15. The molecule has 8 nitrogen and oxygen atoms in total. The average molecular weight is 445 g/mol. The smallest absolute Gasteiger partial charge is 0.260 e. The van der Waals surface area contributed by atoms with Crippen LogP contribution >= 0.6 is 0 Å². The highest BCUT2D eigenvalue weighted by molar-refractivity contribution is 5.98. The summed E-state index contributed by atoms with van der Waals surface area (Å²) >= 11 is 0. The van der Waals surface area contributed by atoms with Gasteiger partial charge in [-0.2, -0.15) is 5.10 Å². The van der Waals surface area contributed by atoms with E-state index in [1.807, 2.05) is 23.7 Å². The molecular formula is C25H28N6O2. The van der Waals surface area contributed by atoms with Crippen LogP contribution in [0.15, 0.2) is 47.7 Å². The van der Waals surface area contributed by atoms with Gasteiger partial charge in [-0.15, -0.1) is 0 Å². The Bertz CT molecular complexity index is 1370. The molecule has 0 saturated carbocycles. The van der Waals surface area contributed by atoms with Crippen molar-refractivity contribution in [3.05, 3.63) is 87.0 Å². The number of aryl methyl sites for hydroxylation is 3. The molecule has 0 aliphatic heterocycles. The Labute approximate surface area is 192 Å². The van der Waals surface area contributed by atoms with Crippen LogP contribution < -0.4 is 10.9 Å². The van der Waals surface area contributed by atoms with Gasteiger partial charge in [0.25, 0.3) is 11.5 Å². The van der Waals surface area contributed by atoms with Crippen molar-refractivity contribution in [2.45, 2.75) is 47.2 Å². The number of nitrogens with one attached hydrogen (secondary N) is 1. The zero-order valence-corrected chi connectivity index (χ0v) is 19.4. The van der Waals surface area contributed by atoms with Crippen LogP contribution in [0.1, 0.15) is 45.5 Å². The zero-order chi connectivity index (χ0) is 23.5. The molecular weight excluding hydrogens is 416 g/mol. The second-order valence-corrected chi connectivity index (χ2v) is 8.14. The van der Waals surface area contributed by atoms with Crippen molar-refractivity contribution in [1.29, 1.82) is 0 Å². The Balaban J connectivity index is 1.55. The van der Waals surface area contributed by atoms with Gasteiger partial charge in [-0.05, 0) is 63.4 Å². The number of hydrogen-bond donors (Lipinski definition) is 1. The summed E-state index contributed by atoms with van der Waals surface area (Å²) in [6, 6.07) is 7.22. The Morgan fingerprint density at radius 1 is 1.15 bits per heavy atom. The third kappa shape index (κ3) is 4.55. The van der Waals surface area contributed by atoms with Crippen LogP contribution in [0.3, 0.4) is 0 Å². The summed E-state index contributed by atoms with van der Waals surface area (Å²) in [5.41, 5.74) is 5.60. The zero-order valence-electron chi connectivity index (χ0n) is 19.4. The number of pyridine rings is 3. The molecule has 1 N–H and O–H groups in total. The number of rotatable bonds is 7. The highest BCUT2D eigenvalue weighted by atomic mass is 16.1. The first-order chi connectivity index (χ1) is 15.9. The molecule has 0 unspecified atom stereocenters. The normalized spacial score (nSPS) is 11.2. The molecule has 0 radical (unpaired) electrons. The molecule has 1 amide bonds. The average Bonchev–Trinajstić information content (AvgIpc) is 3.09. The van der Waals surface area contributed by atoms with Crippen LogP contribution in [0.5, 0.6) is 0 Å². The molecule has 0 aliphatic rings. The van der Waals surface area contributed by atoms with Crippen LogP contribution in [0.2, 0.25) is 0 Å². The number of fused-ring (bicyclic) bond motifs is 1. The SMILES string of the molecule is CCn1nc(C)c(CCNC(=O)c2cc3c(=O)n(Cc4cccnc4)ccc3nc2C)c1C. The molecule has 0 aliphatic carbocycles. The van der Waals surface area contributed by atoms with Crippen LogP contribution in [-0.4, -0.2) is 36.8 Å². The maximum Gasteiger partial charge on any atom is 0.260 e. The van der Waals surface area contributed by atoms with E-state index < -0.39 is 0 Å². The first-order valence-corrected chi connectivity index (χ1v) is 11.1. The van der Waals surface area contributed by atoms with Gasteiger partial charge in [0.15, 0.2) is 0 Å². The van der Waals surface area contributed by atoms with Crippen LogP contribution in [0, 0.1) is 20.8 Å². The Morgan fingerprint density at radius 2 is 1.97 bits per heavy atom. The number of carbonyl (C=O) groups is 1. The molecule has 4 heterocycles. The third-order valence-corrected chi connectivity index (χ3v) is 5.96. The highest BCUT2D eigenvalue weighted by Crippen LogP contribution is 2.15. The summed E-state index contributed by atoms with van der Waals surface area (Å²) in [5.74, 6) is -0.234. The Morgan fingerprint density at radius 3 is 2.67 bits per heavy atom. The molecule has 4 rings (SSSR count). The van der Waals surface area contributed by atoms with Crippen LogP contribution in [0.25, 0.3) is 10.9 Å². The minimum absolute atomic E-state index is 0.184. The molecule has 4 aromatic heterocycles. The molecule has 0 saturated heterocycles. The number of amides is 1. The van der Waals surface area contributed by atoms with E-state index in [1.54, 1.807) is 42.2 Å². The summed E-state index contributed by atoms with van der Waals surface area (Å²) in [4.78, 5) is 34.6. The lowest BCUT2D eigenvalue weighted by molar-refractivity contribution is 0.0953. The van der Waals surface area contributed by atoms with E-state index in [1.165, 1.54) is 0 Å². The van der Waals surface area contributed by atoms with Gasteiger partial charge < -0.3 is 9.88 Å². The van der Waals surface area contributed by atoms with Crippen molar-refractivity contribution >= 4 is 16.8 Å². The Kier molecular flexibility index (Phi) is 6.35. The summed E-state index contributed by atoms with van der Waals surface area (Å²) in [6.45, 7) is 9.59. The summed E-state index contributed by atoms with van der Waals surface area (Å²) in [6.07, 6.45) is 5.85. The molecule has 0 spiro atoms. The summed E-state index contributed by atoms with van der Waals surface area (Å²) < 4.78 is 3.58. The van der Waals surface area contributed by atoms with Crippen molar-refractivity contribution in [3.63, 3.8) is 0 Å². The first-order valence-electron chi connectivity index (χ1n) is 11.1. The maximum absolute atomic E-state index is 13.1. The van der Waals surface area contributed by atoms with Crippen molar-refractivity contribution in [2.75, 3.05) is 6.54 Å². The maximum atomic E-state index is 13.1. The lowest BCUT2D eigenvalue weighted by Crippen LogP contribution is -2.27. The fraction of sp³-hybridized carbons (Fsp3) is 0.320. The second kappa shape index (κ2) is 9.36. The number of carbonyl (C=O) groups excluding carboxylic acids is 1. The summed E-state index contributed by atoms with van der Waals surface area (Å²) in [5, 5.41) is 7.93. The molecule has 0 aromatic carbocycles. The van der Waals surface area contributed by atoms with Crippen LogP contribution in [0.4, 0.5) is 0 Å². The van der Waals surface area contributed by atoms with E-state index in [0.717, 1.165) is 29.1 Å². The van der Waals surface area contributed by atoms with E-state index in [2.05, 4.69) is 34.2 Å². The molecule has 0 atom stereocenters. The molecule has 4 aromatic rings. The van der Waals surface area contributed by atoms with Gasteiger partial charge in [0, 0.05) is 37.4 Å². The molecule has 0 fully saturated rings. The van der Waals surface area contributed by atoms with Gasteiger partial charge in [-0.1, -0.05) is 6.07 Å². The van der Waals surface area contributed by atoms with Gasteiger partial charge in [0.1, 0.15) is 0 Å². The lowest BCUT2D eigenvalue weighted by atomic mass is 10.1. The fourth-order valence-electron chi connectivity index (χ4n) is 4.15. The predicted octanol–water partition coefficient (Wildman–Crippen LogP) is 2.95. The van der Waals surface area contributed by atoms with E-state index in [-0.39, 0.29) is 11.5 Å². The van der Waals surface area contributed by atoms with Gasteiger partial charge in [-0.3, -0.25) is 24.2 Å². The molecule has 0 bridgehead atoms. The topological polar surface area (TPSA) is 94.7 Å². The molecule has 170 valence electrons. The fourth-order valence-corrected chi connectivity index (χ4v) is 4.15. The van der Waals surface area contributed by atoms with Crippen molar-refractivity contribution < 1.29 is 4.79 Å². The van der Waals surface area contributed by atoms with E-state index >= 15 is 0 Å². The van der Waals surface area contributed by atoms with E-state index in [9.17, 15) is 9.59 Å². The first kappa shape index (κ1) is 22.4. The quantitative estimate of drug-likeness (QED) is 0.473. The van der Waals surface area contributed by atoms with Crippen molar-refractivity contribution in [3.8, 4) is 0 Å². The summed E-state index contributed by atoms with van der Waals surface area (Å²) in [7, 11) is 0. The minimum Gasteiger partial charge on any atom is -0.352 e. The Hall–Kier alpha value is -3.81. The predicted molar refractivity (Wildman–Crippen MR) is 127 cm³/mol. The van der Waals surface area contributed by atoms with E-state index in [0.29, 0.717) is 41.7 Å². The number of aromatic nitrogens is 5. The van der Waals surface area contributed by atoms with Gasteiger partial charge >= 0.3 is 0 Å². The van der Waals surface area contributed by atoms with Crippen molar-refractivity contribution in [2.24, 2.45) is 0 Å². The number of nitrogens with zero attached hydrogens (tertiary/aromatic N) is 5. The number of hydrogen-bond acceptors (Lipinski definition) is 5. The second-order valence-electron chi connectivity index (χ2n) is 8.14. The van der Waals surface area contributed by atoms with Crippen LogP contribution in [-0.2, 0) is 19.5 Å². The standard InChI is InChI=1S/C25H28N6O2/c1-5-31-18(4)20(17(3)29-31)8-11-27-24(32)21-13-22-23(28-16(21)2)9-12-30(25(22)33)15-19-7-6-10-26-14-19/h6-7,9-10,12-14H,5,8,11,15H2,1-4H3,(H,27,32). The van der Waals surface area contributed by atoms with Gasteiger partial charge in [0.05, 0.1) is 34.4 Å². The lowest BCUT2D eigenvalue weighted by Gasteiger charge is -2.11. The van der Waals surface area contributed by atoms with Gasteiger partial charge in [0.2, 0.25) is 0 Å². The monoisotopic (exact) mass is 444 g/mol. The minimum atomic E-state index is -0.234. The van der Waals surface area contributed by atoms with Gasteiger partial charge in [-0.25, -0.2) is 0 Å². The largest absolute Gasteiger partial charge is 0.352 e. The molecule has 33 heavy (non-hydrogen) atoms. The third-order valence-electron chi connectivity index (χ3n) is 5.96. The van der Waals surface area contributed by atoms with E-state index in [4.69, 9.17) is 0 Å².